The van der Waals surface area contributed by atoms with Crippen LogP contribution < -0.4 is 4.74 Å². The van der Waals surface area contributed by atoms with Gasteiger partial charge >= 0.3 is 6.18 Å². The fraction of sp³-hybridized carbons (Fsp3) is 0.429. The minimum atomic E-state index is -4.40. The minimum absolute atomic E-state index is 0.0176. The average Bonchev–Trinajstić information content (AvgIpc) is 3.20. The lowest BCUT2D eigenvalue weighted by Gasteiger charge is -2.34. The maximum absolute atomic E-state index is 12.6. The molecule has 0 bridgehead atoms. The number of thioether (sulfide) groups is 1. The van der Waals surface area contributed by atoms with Crippen LogP contribution in [0, 0.1) is 0 Å². The second-order valence-corrected chi connectivity index (χ2v) is 8.36. The fourth-order valence-electron chi connectivity index (χ4n) is 3.61. The van der Waals surface area contributed by atoms with Crippen LogP contribution in [0.4, 0.5) is 13.2 Å². The van der Waals surface area contributed by atoms with Crippen LogP contribution in [0.3, 0.4) is 0 Å². The van der Waals surface area contributed by atoms with Crippen molar-refractivity contribution in [2.45, 2.75) is 24.2 Å². The first-order valence-electron chi connectivity index (χ1n) is 9.79. The van der Waals surface area contributed by atoms with Gasteiger partial charge in [-0.15, -0.1) is 0 Å². The molecule has 1 aromatic carbocycles. The molecule has 3 heterocycles. The van der Waals surface area contributed by atoms with Crippen molar-refractivity contribution in [2.24, 2.45) is 0 Å². The number of benzene rings is 1. The molecule has 0 saturated carbocycles. The van der Waals surface area contributed by atoms with Crippen LogP contribution in [0.2, 0.25) is 0 Å². The predicted octanol–water partition coefficient (Wildman–Crippen LogP) is 3.47. The molecule has 0 atom stereocenters. The second kappa shape index (κ2) is 8.85. The summed E-state index contributed by atoms with van der Waals surface area (Å²) in [7, 11) is 0. The van der Waals surface area contributed by atoms with Crippen LogP contribution in [-0.2, 0) is 23.9 Å². The lowest BCUT2D eigenvalue weighted by atomic mass is 10.1. The third-order valence-corrected chi connectivity index (χ3v) is 6.22. The summed E-state index contributed by atoms with van der Waals surface area (Å²) in [6.45, 7) is 4.48. The summed E-state index contributed by atoms with van der Waals surface area (Å²) < 4.78 is 43.3. The molecule has 5 nitrogen and oxygen atoms in total. The van der Waals surface area contributed by atoms with Crippen molar-refractivity contribution in [3.8, 4) is 5.75 Å². The van der Waals surface area contributed by atoms with Crippen molar-refractivity contribution in [3.63, 3.8) is 0 Å². The van der Waals surface area contributed by atoms with E-state index in [2.05, 4.69) is 22.0 Å². The molecule has 1 aromatic heterocycles. The number of halogens is 3. The molecule has 0 radical (unpaired) electrons. The van der Waals surface area contributed by atoms with Crippen LogP contribution in [-0.4, -0.2) is 59.2 Å². The van der Waals surface area contributed by atoms with E-state index in [0.717, 1.165) is 62.4 Å². The molecule has 1 amide bonds. The molecule has 0 aliphatic carbocycles. The maximum atomic E-state index is 12.6. The Morgan fingerprint density at radius 3 is 2.63 bits per heavy atom. The standard InChI is InChI=1S/C21H22F3N3O2S/c22-21(23,24)17-2-4-19(25-12-17)30-14-20(28)27-8-6-26(7-9-27)13-15-1-3-18-16(11-15)5-10-29-18/h1-4,11-12H,5-10,13-14H2. The van der Waals surface area contributed by atoms with Crippen molar-refractivity contribution in [1.82, 2.24) is 14.8 Å². The number of fused-ring (bicyclic) bond motifs is 1. The van der Waals surface area contributed by atoms with Gasteiger partial charge in [-0.25, -0.2) is 4.98 Å². The normalized spacial score (nSPS) is 17.0. The number of alkyl halides is 3. The molecule has 1 saturated heterocycles. The fourth-order valence-corrected chi connectivity index (χ4v) is 4.36. The van der Waals surface area contributed by atoms with E-state index in [9.17, 15) is 18.0 Å². The molecular formula is C21H22F3N3O2S. The quantitative estimate of drug-likeness (QED) is 0.671. The van der Waals surface area contributed by atoms with Gasteiger partial charge in [-0.1, -0.05) is 23.9 Å². The molecule has 160 valence electrons. The summed E-state index contributed by atoms with van der Waals surface area (Å²) >= 11 is 1.16. The number of rotatable bonds is 5. The van der Waals surface area contributed by atoms with E-state index >= 15 is 0 Å². The van der Waals surface area contributed by atoms with Crippen molar-refractivity contribution in [3.05, 3.63) is 53.2 Å². The topological polar surface area (TPSA) is 45.7 Å². The summed E-state index contributed by atoms with van der Waals surface area (Å²) in [5.74, 6) is 1.13. The number of aromatic nitrogens is 1. The van der Waals surface area contributed by atoms with E-state index in [4.69, 9.17) is 4.74 Å². The van der Waals surface area contributed by atoms with Gasteiger partial charge in [-0.05, 0) is 29.3 Å². The van der Waals surface area contributed by atoms with Crippen LogP contribution in [0.25, 0.3) is 0 Å². The summed E-state index contributed by atoms with van der Waals surface area (Å²) in [6, 6.07) is 8.62. The van der Waals surface area contributed by atoms with E-state index in [0.29, 0.717) is 18.1 Å². The Hall–Kier alpha value is -2.26. The van der Waals surface area contributed by atoms with Crippen molar-refractivity contribution in [1.29, 1.82) is 0 Å². The van der Waals surface area contributed by atoms with Gasteiger partial charge in [0.15, 0.2) is 0 Å². The zero-order chi connectivity index (χ0) is 21.1. The lowest BCUT2D eigenvalue weighted by molar-refractivity contribution is -0.138. The second-order valence-electron chi connectivity index (χ2n) is 7.37. The van der Waals surface area contributed by atoms with Crippen molar-refractivity contribution in [2.75, 3.05) is 38.5 Å². The molecule has 2 aliphatic rings. The molecule has 2 aliphatic heterocycles. The highest BCUT2D eigenvalue weighted by Gasteiger charge is 2.30. The van der Waals surface area contributed by atoms with Crippen molar-refractivity contribution >= 4 is 17.7 Å². The molecule has 1 fully saturated rings. The number of amides is 1. The van der Waals surface area contributed by atoms with E-state index < -0.39 is 11.7 Å². The molecule has 2 aromatic rings. The van der Waals surface area contributed by atoms with E-state index in [1.54, 1.807) is 0 Å². The Kier molecular flexibility index (Phi) is 6.19. The van der Waals surface area contributed by atoms with Gasteiger partial charge in [0, 0.05) is 45.3 Å². The number of carbonyl (C=O) groups excluding carboxylic acids is 1. The smallest absolute Gasteiger partial charge is 0.417 e. The summed E-state index contributed by atoms with van der Waals surface area (Å²) in [5, 5.41) is 0.413. The number of ether oxygens (including phenoxy) is 1. The Morgan fingerprint density at radius 1 is 1.13 bits per heavy atom. The van der Waals surface area contributed by atoms with Gasteiger partial charge < -0.3 is 9.64 Å². The van der Waals surface area contributed by atoms with Gasteiger partial charge in [-0.2, -0.15) is 13.2 Å². The number of nitrogens with zero attached hydrogens (tertiary/aromatic N) is 3. The molecular weight excluding hydrogens is 415 g/mol. The summed E-state index contributed by atoms with van der Waals surface area (Å²) in [5.41, 5.74) is 1.73. The highest BCUT2D eigenvalue weighted by Crippen LogP contribution is 2.30. The molecule has 0 unspecified atom stereocenters. The van der Waals surface area contributed by atoms with Crippen LogP contribution in [0.15, 0.2) is 41.6 Å². The van der Waals surface area contributed by atoms with E-state index in [1.807, 2.05) is 11.0 Å². The molecule has 0 N–H and O–H groups in total. The Balaban J connectivity index is 1.22. The zero-order valence-electron chi connectivity index (χ0n) is 16.3. The Bertz CT molecular complexity index is 897. The summed E-state index contributed by atoms with van der Waals surface area (Å²) in [6.07, 6.45) is -2.65. The molecule has 0 spiro atoms. The molecule has 9 heteroatoms. The number of pyridine rings is 1. The van der Waals surface area contributed by atoms with Gasteiger partial charge in [0.2, 0.25) is 5.91 Å². The molecule has 30 heavy (non-hydrogen) atoms. The third-order valence-electron chi connectivity index (χ3n) is 5.29. The largest absolute Gasteiger partial charge is 0.493 e. The number of carbonyl (C=O) groups is 1. The first-order valence-corrected chi connectivity index (χ1v) is 10.8. The number of hydrogen-bond acceptors (Lipinski definition) is 5. The van der Waals surface area contributed by atoms with Crippen molar-refractivity contribution < 1.29 is 22.7 Å². The number of hydrogen-bond donors (Lipinski definition) is 0. The molecule has 4 rings (SSSR count). The van der Waals surface area contributed by atoms with Gasteiger partial charge in [-0.3, -0.25) is 9.69 Å². The SMILES string of the molecule is O=C(CSc1ccc(C(F)(F)F)cn1)N1CCN(Cc2ccc3c(c2)CCO3)CC1. The van der Waals surface area contributed by atoms with Crippen LogP contribution in [0.5, 0.6) is 5.75 Å². The zero-order valence-corrected chi connectivity index (χ0v) is 17.1. The van der Waals surface area contributed by atoms with Gasteiger partial charge in [0.25, 0.3) is 0 Å². The maximum Gasteiger partial charge on any atom is 0.417 e. The average molecular weight is 437 g/mol. The minimum Gasteiger partial charge on any atom is -0.493 e. The van der Waals surface area contributed by atoms with Gasteiger partial charge in [0.05, 0.1) is 22.9 Å². The highest BCUT2D eigenvalue weighted by atomic mass is 32.2. The van der Waals surface area contributed by atoms with Crippen LogP contribution in [0.1, 0.15) is 16.7 Å². The predicted molar refractivity (Wildman–Crippen MR) is 107 cm³/mol. The van der Waals surface area contributed by atoms with Crippen LogP contribution >= 0.6 is 11.8 Å². The highest BCUT2D eigenvalue weighted by molar-refractivity contribution is 7.99. The van der Waals surface area contributed by atoms with E-state index in [-0.39, 0.29) is 11.7 Å². The number of piperazine rings is 1. The first kappa shape index (κ1) is 21.0. The third kappa shape index (κ3) is 5.07. The van der Waals surface area contributed by atoms with Gasteiger partial charge in [0.1, 0.15) is 5.75 Å². The van der Waals surface area contributed by atoms with E-state index in [1.165, 1.54) is 17.2 Å². The lowest BCUT2D eigenvalue weighted by Crippen LogP contribution is -2.48. The Morgan fingerprint density at radius 2 is 1.93 bits per heavy atom. The Labute approximate surface area is 177 Å². The summed E-state index contributed by atoms with van der Waals surface area (Å²) in [4.78, 5) is 20.4. The monoisotopic (exact) mass is 437 g/mol. The first-order chi connectivity index (χ1) is 14.4.